The third kappa shape index (κ3) is 6.42. The van der Waals surface area contributed by atoms with E-state index in [-0.39, 0.29) is 30.4 Å². The van der Waals surface area contributed by atoms with Gasteiger partial charge in [0.25, 0.3) is 0 Å². The second-order valence-corrected chi connectivity index (χ2v) is 14.2. The lowest BCUT2D eigenvalue weighted by Crippen LogP contribution is -2.60. The lowest BCUT2D eigenvalue weighted by molar-refractivity contribution is -0.162. The van der Waals surface area contributed by atoms with Gasteiger partial charge in [0, 0.05) is 22.2 Å². The molecule has 0 bridgehead atoms. The summed E-state index contributed by atoms with van der Waals surface area (Å²) < 4.78 is 25.2. The first-order valence-electron chi connectivity index (χ1n) is 11.7. The fourth-order valence-corrected chi connectivity index (χ4v) is 6.82. The molecular weight excluding hydrogens is 521 g/mol. The number of likely N-dealkylation sites (tertiary alicyclic amines) is 1. The summed E-state index contributed by atoms with van der Waals surface area (Å²) in [6, 6.07) is 13.2. The van der Waals surface area contributed by atoms with Crippen molar-refractivity contribution in [3.8, 4) is 0 Å². The highest BCUT2D eigenvalue weighted by Gasteiger charge is 2.54. The third-order valence-corrected chi connectivity index (χ3v) is 8.34. The zero-order chi connectivity index (χ0) is 27.1. The molecule has 1 amide bonds. The summed E-state index contributed by atoms with van der Waals surface area (Å²) in [7, 11) is -3.49. The van der Waals surface area contributed by atoms with Crippen LogP contribution in [0.1, 0.15) is 63.6 Å². The van der Waals surface area contributed by atoms with E-state index in [1.807, 2.05) is 51.1 Å². The van der Waals surface area contributed by atoms with Crippen molar-refractivity contribution in [2.75, 3.05) is 12.0 Å². The first-order chi connectivity index (χ1) is 16.5. The molecule has 2 aromatic carbocycles. The predicted octanol–water partition coefficient (Wildman–Crippen LogP) is 5.99. The SMILES string of the molecule is CC(C)(C)[C@@H](CS(C)(=O)=O)N1C(=O)[C@](C)(CC(=O)O)C[C@H](c2cccc(Cl)c2)[C@H]1c1ccc(Cl)cc1. The number of benzene rings is 2. The van der Waals surface area contributed by atoms with E-state index in [1.54, 1.807) is 30.0 Å². The van der Waals surface area contributed by atoms with Crippen LogP contribution in [-0.2, 0) is 19.4 Å². The fraction of sp³-hybridized carbons (Fsp3) is 0.481. The molecule has 1 aliphatic rings. The zero-order valence-corrected chi connectivity index (χ0v) is 23.5. The molecule has 0 radical (unpaired) electrons. The van der Waals surface area contributed by atoms with E-state index in [0.717, 1.165) is 17.4 Å². The molecule has 0 unspecified atom stereocenters. The number of carbonyl (C=O) groups is 2. The van der Waals surface area contributed by atoms with Gasteiger partial charge in [0.05, 0.1) is 29.7 Å². The van der Waals surface area contributed by atoms with Crippen molar-refractivity contribution < 1.29 is 23.1 Å². The molecule has 6 nitrogen and oxygen atoms in total. The van der Waals surface area contributed by atoms with Crippen LogP contribution >= 0.6 is 23.2 Å². The van der Waals surface area contributed by atoms with Gasteiger partial charge in [-0.2, -0.15) is 0 Å². The molecule has 9 heteroatoms. The summed E-state index contributed by atoms with van der Waals surface area (Å²) in [6.07, 6.45) is 1.04. The minimum Gasteiger partial charge on any atom is -0.481 e. The number of amides is 1. The van der Waals surface area contributed by atoms with Crippen molar-refractivity contribution in [1.29, 1.82) is 0 Å². The van der Waals surface area contributed by atoms with Crippen LogP contribution < -0.4 is 0 Å². The summed E-state index contributed by atoms with van der Waals surface area (Å²) in [5, 5.41) is 10.8. The van der Waals surface area contributed by atoms with Crippen LogP contribution in [-0.4, -0.2) is 48.4 Å². The fourth-order valence-electron chi connectivity index (χ4n) is 5.26. The summed E-state index contributed by atoms with van der Waals surface area (Å²) in [5.41, 5.74) is -0.228. The van der Waals surface area contributed by atoms with Crippen molar-refractivity contribution >= 4 is 44.9 Å². The molecule has 1 fully saturated rings. The molecule has 0 aromatic heterocycles. The molecule has 1 saturated heterocycles. The molecule has 1 heterocycles. The Balaban J connectivity index is 2.34. The van der Waals surface area contributed by atoms with Gasteiger partial charge in [-0.15, -0.1) is 0 Å². The average Bonchev–Trinajstić information content (AvgIpc) is 2.73. The highest BCUT2D eigenvalue weighted by Crippen LogP contribution is 2.53. The number of carbonyl (C=O) groups excluding carboxylic acids is 1. The Morgan fingerprint density at radius 1 is 1.11 bits per heavy atom. The van der Waals surface area contributed by atoms with Gasteiger partial charge < -0.3 is 10.0 Å². The molecule has 0 aliphatic carbocycles. The third-order valence-electron chi connectivity index (χ3n) is 6.93. The number of nitrogens with zero attached hydrogens (tertiary/aromatic N) is 1. The Morgan fingerprint density at radius 3 is 2.22 bits per heavy atom. The van der Waals surface area contributed by atoms with Crippen molar-refractivity contribution in [3.63, 3.8) is 0 Å². The lowest BCUT2D eigenvalue weighted by Gasteiger charge is -2.54. The van der Waals surface area contributed by atoms with Crippen LogP contribution in [0.25, 0.3) is 0 Å². The Bertz CT molecular complexity index is 1240. The van der Waals surface area contributed by atoms with E-state index in [2.05, 4.69) is 0 Å². The number of halogens is 2. The molecular formula is C27H33Cl2NO5S. The van der Waals surface area contributed by atoms with Gasteiger partial charge in [0.1, 0.15) is 9.84 Å². The summed E-state index contributed by atoms with van der Waals surface area (Å²) in [5.74, 6) is -2.04. The van der Waals surface area contributed by atoms with E-state index in [1.165, 1.54) is 0 Å². The topological polar surface area (TPSA) is 91.8 Å². The monoisotopic (exact) mass is 553 g/mol. The number of hydrogen-bond acceptors (Lipinski definition) is 4. The van der Waals surface area contributed by atoms with E-state index in [4.69, 9.17) is 23.2 Å². The van der Waals surface area contributed by atoms with Crippen LogP contribution in [0, 0.1) is 10.8 Å². The van der Waals surface area contributed by atoms with Crippen molar-refractivity contribution in [3.05, 3.63) is 69.7 Å². The highest BCUT2D eigenvalue weighted by molar-refractivity contribution is 7.90. The molecule has 2 aromatic rings. The molecule has 0 saturated carbocycles. The average molecular weight is 555 g/mol. The number of carboxylic acid groups (broad SMARTS) is 1. The van der Waals surface area contributed by atoms with Gasteiger partial charge in [-0.1, -0.05) is 75.2 Å². The number of hydrogen-bond donors (Lipinski definition) is 1. The smallest absolute Gasteiger partial charge is 0.304 e. The maximum atomic E-state index is 14.3. The van der Waals surface area contributed by atoms with Gasteiger partial charge >= 0.3 is 5.97 Å². The zero-order valence-electron chi connectivity index (χ0n) is 21.2. The molecule has 4 atom stereocenters. The second kappa shape index (κ2) is 10.3. The predicted molar refractivity (Wildman–Crippen MR) is 143 cm³/mol. The lowest BCUT2D eigenvalue weighted by atomic mass is 9.66. The first kappa shape index (κ1) is 28.5. The van der Waals surface area contributed by atoms with Gasteiger partial charge in [-0.05, 0) is 47.2 Å². The van der Waals surface area contributed by atoms with Gasteiger partial charge in [-0.25, -0.2) is 8.42 Å². The first-order valence-corrected chi connectivity index (χ1v) is 14.6. The standard InChI is InChI=1S/C27H33Cl2NO5S/c1-26(2,3)22(16-36(5,34)35)30-24(17-9-11-19(28)12-10-17)21(18-7-6-8-20(29)13-18)14-27(4,25(30)33)15-23(31)32/h6-13,21-22,24H,14-16H2,1-5H3,(H,31,32)/t21-,22-,24-,27+/m1/s1. The van der Waals surface area contributed by atoms with E-state index in [0.29, 0.717) is 10.0 Å². The number of carboxylic acids is 1. The Morgan fingerprint density at radius 2 is 1.72 bits per heavy atom. The molecule has 3 rings (SSSR count). The minimum atomic E-state index is -3.49. The van der Waals surface area contributed by atoms with E-state index in [9.17, 15) is 23.1 Å². The normalized spacial score (nSPS) is 24.0. The van der Waals surface area contributed by atoms with Crippen LogP contribution in [0.15, 0.2) is 48.5 Å². The quantitative estimate of drug-likeness (QED) is 0.454. The summed E-state index contributed by atoms with van der Waals surface area (Å²) in [6.45, 7) is 7.35. The highest BCUT2D eigenvalue weighted by atomic mass is 35.5. The second-order valence-electron chi connectivity index (χ2n) is 11.2. The van der Waals surface area contributed by atoms with Crippen LogP contribution in [0.5, 0.6) is 0 Å². The van der Waals surface area contributed by atoms with Crippen molar-refractivity contribution in [2.24, 2.45) is 10.8 Å². The van der Waals surface area contributed by atoms with Gasteiger partial charge in [0.15, 0.2) is 0 Å². The molecule has 1 N–H and O–H groups in total. The number of piperidine rings is 1. The summed E-state index contributed by atoms with van der Waals surface area (Å²) in [4.78, 5) is 27.8. The molecule has 0 spiro atoms. The molecule has 196 valence electrons. The van der Waals surface area contributed by atoms with Crippen LogP contribution in [0.4, 0.5) is 0 Å². The Hall–Kier alpha value is -2.09. The summed E-state index contributed by atoms with van der Waals surface area (Å²) >= 11 is 12.5. The molecule has 36 heavy (non-hydrogen) atoms. The maximum Gasteiger partial charge on any atom is 0.304 e. The van der Waals surface area contributed by atoms with E-state index >= 15 is 0 Å². The van der Waals surface area contributed by atoms with Gasteiger partial charge in [0.2, 0.25) is 5.91 Å². The number of rotatable bonds is 7. The minimum absolute atomic E-state index is 0.252. The van der Waals surface area contributed by atoms with Crippen molar-refractivity contribution in [2.45, 2.75) is 58.5 Å². The molecule has 1 aliphatic heterocycles. The largest absolute Gasteiger partial charge is 0.481 e. The van der Waals surface area contributed by atoms with Crippen LogP contribution in [0.3, 0.4) is 0 Å². The Labute approximate surface area is 223 Å². The van der Waals surface area contributed by atoms with Gasteiger partial charge in [-0.3, -0.25) is 9.59 Å². The number of aliphatic carboxylic acids is 1. The van der Waals surface area contributed by atoms with E-state index < -0.39 is 38.7 Å². The van der Waals surface area contributed by atoms with Crippen molar-refractivity contribution in [1.82, 2.24) is 4.90 Å². The Kier molecular flexibility index (Phi) is 8.19. The maximum absolute atomic E-state index is 14.3. The number of sulfone groups is 1. The van der Waals surface area contributed by atoms with Crippen LogP contribution in [0.2, 0.25) is 10.0 Å².